The number of amides is 1. The van der Waals surface area contributed by atoms with Gasteiger partial charge in [0, 0.05) is 20.3 Å². The highest BCUT2D eigenvalue weighted by Crippen LogP contribution is 2.60. The number of hydrogen-bond acceptors (Lipinski definition) is 11. The number of imidazole rings is 1. The van der Waals surface area contributed by atoms with Gasteiger partial charge in [0.2, 0.25) is 5.03 Å². The average molecular weight is 625 g/mol. The second kappa shape index (κ2) is 10.7. The summed E-state index contributed by atoms with van der Waals surface area (Å²) in [7, 11) is -1.21. The number of carbonyl (C=O) groups excluding carboxylic acids is 3. The molecular formula is C27H36N4O9S2. The fourth-order valence-corrected chi connectivity index (χ4v) is 9.42. The molecule has 42 heavy (non-hydrogen) atoms. The Bertz CT molecular complexity index is 1570. The lowest BCUT2D eigenvalue weighted by Crippen LogP contribution is -2.79. The molecule has 1 saturated heterocycles. The predicted octanol–water partition coefficient (Wildman–Crippen LogP) is 1.50. The van der Waals surface area contributed by atoms with Gasteiger partial charge in [0.15, 0.2) is 23.3 Å². The number of nitrogens with zero attached hydrogens (tertiary/aromatic N) is 4. The van der Waals surface area contributed by atoms with Gasteiger partial charge in [0.05, 0.1) is 23.1 Å². The second-order valence-electron chi connectivity index (χ2n) is 11.6. The van der Waals surface area contributed by atoms with Gasteiger partial charge in [-0.25, -0.2) is 31.8 Å². The number of aliphatic hydroxyl groups is 1. The van der Waals surface area contributed by atoms with Crippen LogP contribution in [-0.4, -0.2) is 94.2 Å². The van der Waals surface area contributed by atoms with Crippen LogP contribution in [0.15, 0.2) is 23.2 Å². The average Bonchev–Trinajstić information content (AvgIpc) is 3.53. The van der Waals surface area contributed by atoms with Gasteiger partial charge in [-0.2, -0.15) is 0 Å². The first kappa shape index (κ1) is 30.6. The molecule has 1 saturated carbocycles. The van der Waals surface area contributed by atoms with E-state index in [0.717, 1.165) is 34.9 Å². The van der Waals surface area contributed by atoms with Crippen molar-refractivity contribution in [2.24, 2.45) is 5.92 Å². The van der Waals surface area contributed by atoms with Crippen molar-refractivity contribution >= 4 is 49.8 Å². The maximum atomic E-state index is 13.8. The van der Waals surface area contributed by atoms with Crippen molar-refractivity contribution in [3.8, 4) is 0 Å². The zero-order chi connectivity index (χ0) is 30.8. The minimum absolute atomic E-state index is 0.0138. The normalized spacial score (nSPS) is 29.1. The molecule has 1 aliphatic carbocycles. The lowest BCUT2D eigenvalue weighted by molar-refractivity contribution is -0.878. The molecule has 13 nitrogen and oxygen atoms in total. The van der Waals surface area contributed by atoms with E-state index in [2.05, 4.69) is 4.98 Å². The molecule has 0 radical (unpaired) electrons. The van der Waals surface area contributed by atoms with Crippen molar-refractivity contribution in [1.29, 1.82) is 0 Å². The summed E-state index contributed by atoms with van der Waals surface area (Å²) in [4.78, 5) is 44.6. The smallest absolute Gasteiger partial charge is 0.509 e. The standard InChI is InChI=1S/C27H36N4O9S2/c1-6-12-31-20(25(34)35)19(17-13-30-14-28-22(23(30)41-17)42(37,38)29(4)5)27(3,21(31)18(15(2)32)24(31)33)40-26(36)39-16-10-8-7-9-11-16/h13-16,18,21,32H,6-12H2,1-5H3/t15-,18-,21-,27+,31?/m1/s1. The first-order valence-electron chi connectivity index (χ1n) is 14.1. The van der Waals surface area contributed by atoms with Gasteiger partial charge in [-0.1, -0.05) is 13.3 Å². The zero-order valence-corrected chi connectivity index (χ0v) is 25.9. The minimum atomic E-state index is -3.95. The molecule has 5 atom stereocenters. The number of β-lactam (4-membered cyclic amide) rings is 1. The van der Waals surface area contributed by atoms with Crippen molar-refractivity contribution in [2.45, 2.75) is 88.2 Å². The van der Waals surface area contributed by atoms with Crippen molar-refractivity contribution < 1.29 is 47.0 Å². The van der Waals surface area contributed by atoms with E-state index >= 15 is 0 Å². The Morgan fingerprint density at radius 2 is 1.98 bits per heavy atom. The topological polar surface area (TPSA) is 168 Å². The number of aliphatic hydroxyl groups excluding tert-OH is 1. The fraction of sp³-hybridized carbons (Fsp3) is 0.630. The van der Waals surface area contributed by atoms with E-state index in [9.17, 15) is 33.0 Å². The summed E-state index contributed by atoms with van der Waals surface area (Å²) >= 11 is 0.948. The van der Waals surface area contributed by atoms with Crippen LogP contribution < -0.4 is 5.11 Å². The third kappa shape index (κ3) is 4.39. The number of quaternary nitrogens is 1. The molecule has 4 heterocycles. The number of aliphatic carboxylic acids is 1. The molecule has 15 heteroatoms. The maximum Gasteiger partial charge on any atom is 0.509 e. The molecular weight excluding hydrogens is 588 g/mol. The highest BCUT2D eigenvalue weighted by Gasteiger charge is 2.79. The van der Waals surface area contributed by atoms with Crippen molar-refractivity contribution in [3.05, 3.63) is 23.1 Å². The Kier molecular flexibility index (Phi) is 7.80. The Labute approximate surface area is 248 Å². The van der Waals surface area contributed by atoms with Gasteiger partial charge < -0.3 is 24.5 Å². The largest absolute Gasteiger partial charge is 0.540 e. The number of thiazole rings is 1. The van der Waals surface area contributed by atoms with Gasteiger partial charge in [-0.3, -0.25) is 4.40 Å². The molecule has 5 rings (SSSR count). The molecule has 2 aromatic rings. The molecule has 2 fully saturated rings. The van der Waals surface area contributed by atoms with Crippen LogP contribution in [0.5, 0.6) is 0 Å². The van der Waals surface area contributed by atoms with Crippen molar-refractivity contribution in [3.63, 3.8) is 0 Å². The number of sulfonamides is 1. The Morgan fingerprint density at radius 1 is 1.31 bits per heavy atom. The van der Waals surface area contributed by atoms with Crippen LogP contribution in [0.1, 0.15) is 64.2 Å². The molecule has 0 bridgehead atoms. The Balaban J connectivity index is 1.71. The van der Waals surface area contributed by atoms with Crippen LogP contribution in [-0.2, 0) is 29.1 Å². The van der Waals surface area contributed by atoms with E-state index in [-0.39, 0.29) is 38.7 Å². The summed E-state index contributed by atoms with van der Waals surface area (Å²) in [6.07, 6.45) is 4.91. The lowest BCUT2D eigenvalue weighted by atomic mass is 9.72. The SMILES string of the molecule is CCC[N+]12C(=O)[C@H]([C@@H](C)O)[C@@H]1[C@@](C)(OC(=O)OC1CCCCC1)C(c1cn3cnc(S(=O)(=O)N(C)C)c3s1)=C2C(=O)[O-]. The molecule has 2 aliphatic heterocycles. The molecule has 230 valence electrons. The number of ether oxygens (including phenoxy) is 2. The van der Waals surface area contributed by atoms with Crippen molar-refractivity contribution in [1.82, 2.24) is 13.7 Å². The molecule has 3 aliphatic rings. The number of rotatable bonds is 9. The zero-order valence-electron chi connectivity index (χ0n) is 24.2. The number of carbonyl (C=O) groups is 3. The summed E-state index contributed by atoms with van der Waals surface area (Å²) in [5.74, 6) is -3.17. The molecule has 2 aromatic heterocycles. The second-order valence-corrected chi connectivity index (χ2v) is 14.7. The van der Waals surface area contributed by atoms with Crippen LogP contribution in [0.4, 0.5) is 4.79 Å². The highest BCUT2D eigenvalue weighted by atomic mass is 32.2. The number of carboxylic acids is 1. The number of hydrogen-bond donors (Lipinski definition) is 1. The Morgan fingerprint density at radius 3 is 2.55 bits per heavy atom. The van der Waals surface area contributed by atoms with Crippen LogP contribution in [0.25, 0.3) is 10.4 Å². The monoisotopic (exact) mass is 624 g/mol. The van der Waals surface area contributed by atoms with Crippen LogP contribution >= 0.6 is 11.3 Å². The molecule has 1 N–H and O–H groups in total. The number of carboxylic acid groups (broad SMARTS) is 1. The van der Waals surface area contributed by atoms with E-state index < -0.39 is 56.2 Å². The van der Waals surface area contributed by atoms with E-state index in [4.69, 9.17) is 9.47 Å². The van der Waals surface area contributed by atoms with E-state index in [1.165, 1.54) is 44.9 Å². The van der Waals surface area contributed by atoms with Crippen molar-refractivity contribution in [2.75, 3.05) is 20.6 Å². The first-order valence-corrected chi connectivity index (χ1v) is 16.3. The summed E-state index contributed by atoms with van der Waals surface area (Å²) in [5.41, 5.74) is -2.10. The van der Waals surface area contributed by atoms with Gasteiger partial charge >= 0.3 is 12.1 Å². The predicted molar refractivity (Wildman–Crippen MR) is 148 cm³/mol. The summed E-state index contributed by atoms with van der Waals surface area (Å²) in [5, 5.41) is 23.4. The molecule has 0 spiro atoms. The van der Waals surface area contributed by atoms with E-state index in [0.29, 0.717) is 19.3 Å². The minimum Gasteiger partial charge on any atom is -0.540 e. The quantitative estimate of drug-likeness (QED) is 0.245. The third-order valence-electron chi connectivity index (χ3n) is 8.74. The fourth-order valence-electron chi connectivity index (χ4n) is 7.01. The van der Waals surface area contributed by atoms with Gasteiger partial charge in [-0.05, 0) is 46.0 Å². The van der Waals surface area contributed by atoms with Gasteiger partial charge in [0.1, 0.15) is 23.2 Å². The van der Waals surface area contributed by atoms with Crippen LogP contribution in [0, 0.1) is 5.92 Å². The number of fused-ring (bicyclic) bond motifs is 2. The highest BCUT2D eigenvalue weighted by molar-refractivity contribution is 7.89. The van der Waals surface area contributed by atoms with Crippen LogP contribution in [0.2, 0.25) is 0 Å². The molecule has 1 amide bonds. The Hall–Kier alpha value is -2.85. The maximum absolute atomic E-state index is 13.8. The first-order chi connectivity index (χ1) is 19.7. The van der Waals surface area contributed by atoms with E-state index in [1.54, 1.807) is 6.92 Å². The van der Waals surface area contributed by atoms with Crippen LogP contribution in [0.3, 0.4) is 0 Å². The number of aromatic nitrogens is 2. The summed E-state index contributed by atoms with van der Waals surface area (Å²) in [6.45, 7) is 4.84. The van der Waals surface area contributed by atoms with E-state index in [1.807, 2.05) is 0 Å². The lowest BCUT2D eigenvalue weighted by Gasteiger charge is -2.54. The summed E-state index contributed by atoms with van der Waals surface area (Å²) < 4.78 is 39.4. The third-order valence-corrected chi connectivity index (χ3v) is 11.7. The molecule has 1 unspecified atom stereocenters. The van der Waals surface area contributed by atoms with Gasteiger partial charge in [-0.15, -0.1) is 11.3 Å². The molecule has 0 aromatic carbocycles. The van der Waals surface area contributed by atoms with Gasteiger partial charge in [0.25, 0.3) is 10.0 Å². The summed E-state index contributed by atoms with van der Waals surface area (Å²) in [6, 6.07) is -0.976.